The Labute approximate surface area is 155 Å². The SMILES string of the molecule is CC[C@@H](Oc1ccccc1)C(=O)N1CCN(c2ccc(OC)cc2)CC1. The summed E-state index contributed by atoms with van der Waals surface area (Å²) in [7, 11) is 1.67. The Hall–Kier alpha value is -2.69. The topological polar surface area (TPSA) is 42.0 Å². The van der Waals surface area contributed by atoms with Crippen molar-refractivity contribution in [1.29, 1.82) is 0 Å². The molecule has 0 aromatic heterocycles. The first kappa shape index (κ1) is 18.1. The maximum Gasteiger partial charge on any atom is 0.263 e. The molecule has 1 amide bonds. The highest BCUT2D eigenvalue weighted by molar-refractivity contribution is 5.81. The molecule has 1 heterocycles. The number of carbonyl (C=O) groups is 1. The Morgan fingerprint density at radius 1 is 0.962 bits per heavy atom. The van der Waals surface area contributed by atoms with Gasteiger partial charge in [-0.2, -0.15) is 0 Å². The van der Waals surface area contributed by atoms with Crippen LogP contribution in [0.15, 0.2) is 54.6 Å². The molecule has 1 atom stereocenters. The lowest BCUT2D eigenvalue weighted by molar-refractivity contribution is -0.139. The number of methoxy groups -OCH3 is 1. The van der Waals surface area contributed by atoms with Gasteiger partial charge in [-0.15, -0.1) is 0 Å². The first-order valence-corrected chi connectivity index (χ1v) is 9.10. The van der Waals surface area contributed by atoms with Crippen molar-refractivity contribution in [3.63, 3.8) is 0 Å². The monoisotopic (exact) mass is 354 g/mol. The summed E-state index contributed by atoms with van der Waals surface area (Å²) in [6.07, 6.45) is 0.233. The summed E-state index contributed by atoms with van der Waals surface area (Å²) in [6, 6.07) is 17.6. The molecular weight excluding hydrogens is 328 g/mol. The molecule has 1 aliphatic rings. The van der Waals surface area contributed by atoms with Crippen molar-refractivity contribution in [1.82, 2.24) is 4.90 Å². The van der Waals surface area contributed by atoms with Gasteiger partial charge in [0.2, 0.25) is 0 Å². The van der Waals surface area contributed by atoms with Crippen LogP contribution in [0.4, 0.5) is 5.69 Å². The molecule has 0 bridgehead atoms. The maximum absolute atomic E-state index is 12.8. The lowest BCUT2D eigenvalue weighted by atomic mass is 10.2. The van der Waals surface area contributed by atoms with Crippen molar-refractivity contribution >= 4 is 11.6 Å². The predicted octanol–water partition coefficient (Wildman–Crippen LogP) is 3.20. The van der Waals surface area contributed by atoms with Crippen LogP contribution in [0.1, 0.15) is 13.3 Å². The molecule has 26 heavy (non-hydrogen) atoms. The number of nitrogens with zero attached hydrogens (tertiary/aromatic N) is 2. The van der Waals surface area contributed by atoms with E-state index in [-0.39, 0.29) is 5.91 Å². The Morgan fingerprint density at radius 3 is 2.19 bits per heavy atom. The van der Waals surface area contributed by atoms with E-state index in [1.54, 1.807) is 7.11 Å². The Morgan fingerprint density at radius 2 is 1.62 bits per heavy atom. The Bertz CT molecular complexity index is 695. The third-order valence-electron chi connectivity index (χ3n) is 4.70. The number of hydrogen-bond acceptors (Lipinski definition) is 4. The minimum atomic E-state index is -0.426. The van der Waals surface area contributed by atoms with Gasteiger partial charge in [0.1, 0.15) is 11.5 Å². The van der Waals surface area contributed by atoms with Gasteiger partial charge in [0.25, 0.3) is 5.91 Å². The molecule has 0 saturated carbocycles. The lowest BCUT2D eigenvalue weighted by Crippen LogP contribution is -2.52. The highest BCUT2D eigenvalue weighted by atomic mass is 16.5. The minimum Gasteiger partial charge on any atom is -0.497 e. The van der Waals surface area contributed by atoms with Crippen LogP contribution in [0.5, 0.6) is 11.5 Å². The fourth-order valence-electron chi connectivity index (χ4n) is 3.15. The molecule has 0 spiro atoms. The number of benzene rings is 2. The van der Waals surface area contributed by atoms with E-state index in [0.717, 1.165) is 30.3 Å². The standard InChI is InChI=1S/C21H26N2O3/c1-3-20(26-19-7-5-4-6-8-19)21(24)23-15-13-22(14-16-23)17-9-11-18(25-2)12-10-17/h4-12,20H,3,13-16H2,1-2H3/t20-/m1/s1. The molecule has 5 nitrogen and oxygen atoms in total. The van der Waals surface area contributed by atoms with Gasteiger partial charge >= 0.3 is 0 Å². The molecule has 0 N–H and O–H groups in total. The molecule has 2 aromatic rings. The van der Waals surface area contributed by atoms with E-state index in [2.05, 4.69) is 17.0 Å². The van der Waals surface area contributed by atoms with Crippen molar-refractivity contribution in [3.05, 3.63) is 54.6 Å². The number of piperazine rings is 1. The second-order valence-electron chi connectivity index (χ2n) is 6.34. The van der Waals surface area contributed by atoms with Crippen LogP contribution in [-0.4, -0.2) is 50.2 Å². The summed E-state index contributed by atoms with van der Waals surface area (Å²) in [4.78, 5) is 17.0. The molecule has 2 aromatic carbocycles. The zero-order valence-electron chi connectivity index (χ0n) is 15.4. The van der Waals surface area contributed by atoms with Crippen molar-refractivity contribution in [2.75, 3.05) is 38.2 Å². The molecule has 3 rings (SSSR count). The number of para-hydroxylation sites is 1. The van der Waals surface area contributed by atoms with Crippen LogP contribution in [0.3, 0.4) is 0 Å². The van der Waals surface area contributed by atoms with Gasteiger partial charge in [-0.1, -0.05) is 25.1 Å². The van der Waals surface area contributed by atoms with Crippen molar-refractivity contribution in [2.24, 2.45) is 0 Å². The summed E-state index contributed by atoms with van der Waals surface area (Å²) in [5.41, 5.74) is 1.16. The number of anilines is 1. The zero-order valence-corrected chi connectivity index (χ0v) is 15.4. The average molecular weight is 354 g/mol. The number of ether oxygens (including phenoxy) is 2. The average Bonchev–Trinajstić information content (AvgIpc) is 2.72. The molecule has 0 unspecified atom stereocenters. The normalized spacial score (nSPS) is 15.5. The molecule has 0 aliphatic carbocycles. The second kappa shape index (κ2) is 8.61. The van der Waals surface area contributed by atoms with Crippen LogP contribution in [0, 0.1) is 0 Å². The van der Waals surface area contributed by atoms with Crippen LogP contribution in [-0.2, 0) is 4.79 Å². The smallest absolute Gasteiger partial charge is 0.263 e. The molecule has 1 saturated heterocycles. The zero-order chi connectivity index (χ0) is 18.4. The van der Waals surface area contributed by atoms with Crippen LogP contribution in [0.2, 0.25) is 0 Å². The predicted molar refractivity (Wildman–Crippen MR) is 103 cm³/mol. The largest absolute Gasteiger partial charge is 0.497 e. The van der Waals surface area contributed by atoms with Gasteiger partial charge in [0.05, 0.1) is 7.11 Å². The van der Waals surface area contributed by atoms with Crippen molar-refractivity contribution in [3.8, 4) is 11.5 Å². The van der Waals surface area contributed by atoms with E-state index in [4.69, 9.17) is 9.47 Å². The highest BCUT2D eigenvalue weighted by Crippen LogP contribution is 2.21. The number of hydrogen-bond donors (Lipinski definition) is 0. The molecule has 0 radical (unpaired) electrons. The first-order chi connectivity index (χ1) is 12.7. The Balaban J connectivity index is 1.56. The Kier molecular flexibility index (Phi) is 6.00. The quantitative estimate of drug-likeness (QED) is 0.799. The first-order valence-electron chi connectivity index (χ1n) is 9.10. The molecule has 5 heteroatoms. The van der Waals surface area contributed by atoms with E-state index in [9.17, 15) is 4.79 Å². The third-order valence-corrected chi connectivity index (χ3v) is 4.70. The number of carbonyl (C=O) groups excluding carboxylic acids is 1. The summed E-state index contributed by atoms with van der Waals surface area (Å²) in [5, 5.41) is 0. The van der Waals surface area contributed by atoms with E-state index < -0.39 is 6.10 Å². The molecular formula is C21H26N2O3. The summed E-state index contributed by atoms with van der Waals surface area (Å²) in [5.74, 6) is 1.67. The van der Waals surface area contributed by atoms with Gasteiger partial charge in [-0.05, 0) is 42.8 Å². The van der Waals surface area contributed by atoms with E-state index in [1.165, 1.54) is 0 Å². The molecule has 1 fully saturated rings. The van der Waals surface area contributed by atoms with E-state index in [0.29, 0.717) is 19.5 Å². The summed E-state index contributed by atoms with van der Waals surface area (Å²) >= 11 is 0. The van der Waals surface area contributed by atoms with Crippen molar-refractivity contribution in [2.45, 2.75) is 19.4 Å². The molecule has 1 aliphatic heterocycles. The fourth-order valence-corrected chi connectivity index (χ4v) is 3.15. The summed E-state index contributed by atoms with van der Waals surface area (Å²) in [6.45, 7) is 5.04. The van der Waals surface area contributed by atoms with Crippen LogP contribution < -0.4 is 14.4 Å². The summed E-state index contributed by atoms with van der Waals surface area (Å²) < 4.78 is 11.1. The van der Waals surface area contributed by atoms with Gasteiger partial charge in [0.15, 0.2) is 6.10 Å². The lowest BCUT2D eigenvalue weighted by Gasteiger charge is -2.37. The third kappa shape index (κ3) is 4.28. The fraction of sp³-hybridized carbons (Fsp3) is 0.381. The minimum absolute atomic E-state index is 0.0748. The number of amides is 1. The second-order valence-corrected chi connectivity index (χ2v) is 6.34. The number of rotatable bonds is 6. The van der Waals surface area contributed by atoms with Gasteiger partial charge in [-0.3, -0.25) is 4.79 Å². The van der Waals surface area contributed by atoms with Crippen molar-refractivity contribution < 1.29 is 14.3 Å². The van der Waals surface area contributed by atoms with Crippen LogP contribution >= 0.6 is 0 Å². The van der Waals surface area contributed by atoms with Gasteiger partial charge in [-0.25, -0.2) is 0 Å². The van der Waals surface area contributed by atoms with Gasteiger partial charge < -0.3 is 19.3 Å². The van der Waals surface area contributed by atoms with E-state index in [1.807, 2.05) is 54.3 Å². The molecule has 138 valence electrons. The van der Waals surface area contributed by atoms with Gasteiger partial charge in [0, 0.05) is 31.9 Å². The van der Waals surface area contributed by atoms with E-state index >= 15 is 0 Å². The highest BCUT2D eigenvalue weighted by Gasteiger charge is 2.27. The maximum atomic E-state index is 12.8. The van der Waals surface area contributed by atoms with Crippen LogP contribution in [0.25, 0.3) is 0 Å².